The number of aryl methyl sites for hydroxylation is 1. The molecular formula is C44H50N10O7. The van der Waals surface area contributed by atoms with E-state index in [-0.39, 0.29) is 47.8 Å². The molecule has 2 aromatic carbocycles. The van der Waals surface area contributed by atoms with E-state index in [9.17, 15) is 24.0 Å². The molecule has 0 spiro atoms. The van der Waals surface area contributed by atoms with Crippen LogP contribution < -0.4 is 20.3 Å². The number of carbonyl (C=O) groups is 5. The van der Waals surface area contributed by atoms with Crippen molar-refractivity contribution in [2.75, 3.05) is 37.6 Å². The number of piperidine rings is 2. The lowest BCUT2D eigenvalue weighted by molar-refractivity contribution is -0.139. The number of amides is 5. The third-order valence-corrected chi connectivity index (χ3v) is 11.6. The molecule has 0 saturated carbocycles. The van der Waals surface area contributed by atoms with Gasteiger partial charge in [-0.05, 0) is 73.7 Å². The number of ether oxygens (including phenoxy) is 1. The van der Waals surface area contributed by atoms with Crippen LogP contribution in [0.2, 0.25) is 0 Å². The van der Waals surface area contributed by atoms with Crippen LogP contribution in [0.25, 0.3) is 16.8 Å². The van der Waals surface area contributed by atoms with Crippen molar-refractivity contribution in [3.05, 3.63) is 89.5 Å². The van der Waals surface area contributed by atoms with Gasteiger partial charge in [0.2, 0.25) is 17.7 Å². The van der Waals surface area contributed by atoms with Crippen LogP contribution >= 0.6 is 0 Å². The lowest BCUT2D eigenvalue weighted by Crippen LogP contribution is -2.51. The number of benzene rings is 2. The minimum atomic E-state index is -0.757. The standard InChI is InChI=1S/C44H50N10O7/c1-27-21-29(8-9-30(27)24-45-41(58)39-49-43(61-50-39)44(2,3)4)38-34-22-32(25-54(34)47-26-46-38)51-17-19-52(20-18-51)37(56)23-31-7-5-6-16-53(31)42(59)28-10-12-33(13-11-28)60-35-14-15-36(55)48-40(35)57/h8-13,21-22,25-26,31,35H,5-7,14-20,23-24H2,1-4H3,(H,45,58)(H,48,55,57). The van der Waals surface area contributed by atoms with Crippen molar-refractivity contribution in [2.24, 2.45) is 0 Å². The van der Waals surface area contributed by atoms with Gasteiger partial charge in [-0.2, -0.15) is 10.1 Å². The summed E-state index contributed by atoms with van der Waals surface area (Å²) in [4.78, 5) is 78.6. The average Bonchev–Trinajstić information content (AvgIpc) is 3.94. The molecule has 0 radical (unpaired) electrons. The van der Waals surface area contributed by atoms with Gasteiger partial charge in [0, 0.05) is 81.1 Å². The quantitative estimate of drug-likeness (QED) is 0.190. The number of rotatable bonds is 10. The first-order chi connectivity index (χ1) is 29.3. The summed E-state index contributed by atoms with van der Waals surface area (Å²) in [6.07, 6.45) is 6.12. The molecule has 3 aromatic heterocycles. The van der Waals surface area contributed by atoms with Crippen LogP contribution in [0.5, 0.6) is 5.75 Å². The van der Waals surface area contributed by atoms with Gasteiger partial charge in [-0.1, -0.05) is 38.1 Å². The second kappa shape index (κ2) is 17.1. The molecule has 0 aliphatic carbocycles. The maximum absolute atomic E-state index is 13.7. The van der Waals surface area contributed by atoms with E-state index < -0.39 is 17.9 Å². The van der Waals surface area contributed by atoms with Gasteiger partial charge in [0.25, 0.3) is 23.5 Å². The van der Waals surface area contributed by atoms with Crippen LogP contribution in [-0.2, 0) is 26.3 Å². The Balaban J connectivity index is 0.856. The zero-order chi connectivity index (χ0) is 42.8. The molecule has 3 fully saturated rings. The molecule has 3 saturated heterocycles. The van der Waals surface area contributed by atoms with Crippen molar-refractivity contribution in [1.29, 1.82) is 0 Å². The first-order valence-corrected chi connectivity index (χ1v) is 20.8. The van der Waals surface area contributed by atoms with Gasteiger partial charge in [-0.3, -0.25) is 29.3 Å². The Morgan fingerprint density at radius 3 is 2.48 bits per heavy atom. The SMILES string of the molecule is Cc1cc(-c2ncnn3cc(N4CCN(C(=O)CC5CCCCN5C(=O)c5ccc(OC6CCC(=O)NC6=O)cc5)CC4)cc23)ccc1CNC(=O)c1noc(C(C)(C)C)n1. The number of piperazine rings is 1. The highest BCUT2D eigenvalue weighted by atomic mass is 16.5. The van der Waals surface area contributed by atoms with Gasteiger partial charge in [0.05, 0.1) is 23.1 Å². The largest absolute Gasteiger partial charge is 0.481 e. The zero-order valence-electron chi connectivity index (χ0n) is 34.8. The number of hydrogen-bond donors (Lipinski definition) is 2. The van der Waals surface area contributed by atoms with Gasteiger partial charge in [-0.15, -0.1) is 0 Å². The minimum Gasteiger partial charge on any atom is -0.481 e. The van der Waals surface area contributed by atoms with Gasteiger partial charge < -0.3 is 29.3 Å². The minimum absolute atomic E-state index is 0.00213. The molecule has 17 nitrogen and oxygen atoms in total. The molecule has 2 atom stereocenters. The van der Waals surface area contributed by atoms with Crippen LogP contribution in [0, 0.1) is 6.92 Å². The monoisotopic (exact) mass is 830 g/mol. The number of nitrogens with zero attached hydrogens (tertiary/aromatic N) is 8. The third kappa shape index (κ3) is 9.10. The average molecular weight is 831 g/mol. The van der Waals surface area contributed by atoms with Crippen LogP contribution in [-0.4, -0.2) is 109 Å². The lowest BCUT2D eigenvalue weighted by atomic mass is 9.97. The van der Waals surface area contributed by atoms with Crippen molar-refractivity contribution in [2.45, 2.75) is 90.3 Å². The van der Waals surface area contributed by atoms with Crippen molar-refractivity contribution >= 4 is 40.7 Å². The molecule has 2 unspecified atom stereocenters. The van der Waals surface area contributed by atoms with Crippen molar-refractivity contribution in [1.82, 2.24) is 45.2 Å². The molecule has 5 aromatic rings. The molecule has 17 heteroatoms. The highest BCUT2D eigenvalue weighted by Gasteiger charge is 2.33. The molecule has 3 aliphatic rings. The van der Waals surface area contributed by atoms with Crippen molar-refractivity contribution < 1.29 is 33.2 Å². The second-order valence-corrected chi connectivity index (χ2v) is 16.9. The van der Waals surface area contributed by atoms with E-state index in [2.05, 4.69) is 41.8 Å². The summed E-state index contributed by atoms with van der Waals surface area (Å²) < 4.78 is 12.9. The summed E-state index contributed by atoms with van der Waals surface area (Å²) in [5, 5.41) is 13.5. The van der Waals surface area contributed by atoms with E-state index in [1.165, 1.54) is 6.33 Å². The van der Waals surface area contributed by atoms with E-state index in [4.69, 9.17) is 9.26 Å². The number of carbonyl (C=O) groups excluding carboxylic acids is 5. The maximum atomic E-state index is 13.7. The molecular weight excluding hydrogens is 781 g/mol. The molecule has 5 amide bonds. The topological polar surface area (TPSA) is 197 Å². The van der Waals surface area contributed by atoms with E-state index in [1.54, 1.807) is 24.3 Å². The number of hydrogen-bond acceptors (Lipinski definition) is 12. The summed E-state index contributed by atoms with van der Waals surface area (Å²) >= 11 is 0. The van der Waals surface area contributed by atoms with Crippen molar-refractivity contribution in [3.8, 4) is 17.0 Å². The zero-order valence-corrected chi connectivity index (χ0v) is 34.8. The van der Waals surface area contributed by atoms with E-state index in [1.807, 2.05) is 66.4 Å². The molecule has 6 heterocycles. The number of imide groups is 1. The van der Waals surface area contributed by atoms with Crippen LogP contribution in [0.3, 0.4) is 0 Å². The Labute approximate surface area is 352 Å². The van der Waals surface area contributed by atoms with E-state index >= 15 is 0 Å². The highest BCUT2D eigenvalue weighted by Crippen LogP contribution is 2.30. The van der Waals surface area contributed by atoms with E-state index in [0.29, 0.717) is 62.9 Å². The fourth-order valence-electron chi connectivity index (χ4n) is 8.04. The Hall–Kier alpha value is -6.65. The third-order valence-electron chi connectivity index (χ3n) is 11.6. The summed E-state index contributed by atoms with van der Waals surface area (Å²) in [6, 6.07) is 14.6. The maximum Gasteiger partial charge on any atom is 0.292 e. The fraction of sp³-hybridized carbons (Fsp3) is 0.432. The lowest BCUT2D eigenvalue weighted by Gasteiger charge is -2.39. The first kappa shape index (κ1) is 41.1. The Kier molecular flexibility index (Phi) is 11.6. The molecule has 318 valence electrons. The predicted octanol–water partition coefficient (Wildman–Crippen LogP) is 4.23. The number of anilines is 1. The predicted molar refractivity (Wildman–Crippen MR) is 223 cm³/mol. The molecule has 61 heavy (non-hydrogen) atoms. The number of aromatic nitrogens is 5. The van der Waals surface area contributed by atoms with Crippen molar-refractivity contribution in [3.63, 3.8) is 0 Å². The molecule has 8 rings (SSSR count). The summed E-state index contributed by atoms with van der Waals surface area (Å²) in [5.41, 5.74) is 5.58. The normalized spacial score (nSPS) is 18.6. The second-order valence-electron chi connectivity index (χ2n) is 16.9. The van der Waals surface area contributed by atoms with Crippen LogP contribution in [0.15, 0.2) is 65.6 Å². The molecule has 3 aliphatic heterocycles. The highest BCUT2D eigenvalue weighted by molar-refractivity contribution is 6.00. The number of fused-ring (bicyclic) bond motifs is 1. The van der Waals surface area contributed by atoms with Gasteiger partial charge in [0.1, 0.15) is 12.1 Å². The summed E-state index contributed by atoms with van der Waals surface area (Å²) in [5.74, 6) is -0.433. The Bertz CT molecular complexity index is 2460. The summed E-state index contributed by atoms with van der Waals surface area (Å²) in [6.45, 7) is 11.1. The molecule has 2 N–H and O–H groups in total. The first-order valence-electron chi connectivity index (χ1n) is 20.8. The van der Waals surface area contributed by atoms with Crippen LogP contribution in [0.1, 0.15) is 97.3 Å². The Morgan fingerprint density at radius 1 is 0.967 bits per heavy atom. The summed E-state index contributed by atoms with van der Waals surface area (Å²) in [7, 11) is 0. The Morgan fingerprint density at radius 2 is 1.75 bits per heavy atom. The fourth-order valence-corrected chi connectivity index (χ4v) is 8.04. The van der Waals surface area contributed by atoms with Gasteiger partial charge in [-0.25, -0.2) is 9.50 Å². The molecule has 0 bridgehead atoms. The van der Waals surface area contributed by atoms with E-state index in [0.717, 1.165) is 52.9 Å². The van der Waals surface area contributed by atoms with Gasteiger partial charge in [0.15, 0.2) is 6.10 Å². The smallest absolute Gasteiger partial charge is 0.292 e. The number of likely N-dealkylation sites (tertiary alicyclic amines) is 1. The number of nitrogens with one attached hydrogen (secondary N) is 2. The van der Waals surface area contributed by atoms with Crippen LogP contribution in [0.4, 0.5) is 5.69 Å². The van der Waals surface area contributed by atoms with Gasteiger partial charge >= 0.3 is 0 Å².